The summed E-state index contributed by atoms with van der Waals surface area (Å²) < 4.78 is 5.35. The number of amides is 1. The molecule has 0 spiro atoms. The first kappa shape index (κ1) is 18.0. The van der Waals surface area contributed by atoms with Crippen LogP contribution < -0.4 is 9.64 Å². The minimum absolute atomic E-state index is 0.101. The average Bonchev–Trinajstić information content (AvgIpc) is 3.14. The number of hydrogen-bond acceptors (Lipinski definition) is 4. The maximum absolute atomic E-state index is 13.7. The SMILES string of the molecule is COc1ccc2c(c1)SC1=N[C@H](c3ccccc3)[C@H](Cc3ccccc3)C(=O)N12. The largest absolute Gasteiger partial charge is 0.497 e. The molecule has 0 fully saturated rings. The molecule has 0 N–H and O–H groups in total. The van der Waals surface area contributed by atoms with Gasteiger partial charge in [-0.1, -0.05) is 60.7 Å². The number of thioether (sulfide) groups is 1. The predicted molar refractivity (Wildman–Crippen MR) is 117 cm³/mol. The summed E-state index contributed by atoms with van der Waals surface area (Å²) in [6.07, 6.45) is 0.655. The van der Waals surface area contributed by atoms with E-state index in [1.54, 1.807) is 12.0 Å². The Morgan fingerprint density at radius 3 is 2.45 bits per heavy atom. The zero-order chi connectivity index (χ0) is 19.8. The van der Waals surface area contributed by atoms with E-state index < -0.39 is 0 Å². The van der Waals surface area contributed by atoms with Crippen molar-refractivity contribution in [3.8, 4) is 5.75 Å². The first-order chi connectivity index (χ1) is 14.2. The number of carbonyl (C=O) groups excluding carboxylic acids is 1. The Balaban J connectivity index is 1.59. The van der Waals surface area contributed by atoms with Crippen molar-refractivity contribution in [3.63, 3.8) is 0 Å². The molecule has 2 atom stereocenters. The first-order valence-corrected chi connectivity index (χ1v) is 10.4. The smallest absolute Gasteiger partial charge is 0.239 e. The van der Waals surface area contributed by atoms with Crippen molar-refractivity contribution >= 4 is 28.5 Å². The number of carbonyl (C=O) groups is 1. The number of fused-ring (bicyclic) bond motifs is 3. The Labute approximate surface area is 174 Å². The maximum atomic E-state index is 13.7. The van der Waals surface area contributed by atoms with Gasteiger partial charge < -0.3 is 4.74 Å². The molecule has 2 heterocycles. The molecule has 0 bridgehead atoms. The van der Waals surface area contributed by atoms with E-state index >= 15 is 0 Å². The van der Waals surface area contributed by atoms with Crippen molar-refractivity contribution in [2.75, 3.05) is 12.0 Å². The molecule has 0 aromatic heterocycles. The minimum Gasteiger partial charge on any atom is -0.497 e. The van der Waals surface area contributed by atoms with Gasteiger partial charge in [0.05, 0.1) is 24.8 Å². The van der Waals surface area contributed by atoms with Crippen LogP contribution in [0.5, 0.6) is 5.75 Å². The van der Waals surface area contributed by atoms with Crippen molar-refractivity contribution in [2.45, 2.75) is 17.4 Å². The van der Waals surface area contributed by atoms with E-state index in [2.05, 4.69) is 24.3 Å². The number of nitrogens with zero attached hydrogens (tertiary/aromatic N) is 2. The van der Waals surface area contributed by atoms with Crippen LogP contribution in [0, 0.1) is 5.92 Å². The van der Waals surface area contributed by atoms with Crippen molar-refractivity contribution in [1.82, 2.24) is 0 Å². The highest BCUT2D eigenvalue weighted by Crippen LogP contribution is 2.48. The number of aliphatic imine (C=N–C) groups is 1. The van der Waals surface area contributed by atoms with Gasteiger partial charge in [-0.15, -0.1) is 0 Å². The molecule has 5 rings (SSSR count). The molecular weight excluding hydrogens is 380 g/mol. The molecule has 0 radical (unpaired) electrons. The molecule has 29 heavy (non-hydrogen) atoms. The Hall–Kier alpha value is -3.05. The average molecular weight is 401 g/mol. The molecule has 5 heteroatoms. The minimum atomic E-state index is -0.253. The summed E-state index contributed by atoms with van der Waals surface area (Å²) in [4.78, 5) is 21.6. The van der Waals surface area contributed by atoms with E-state index in [1.165, 1.54) is 11.8 Å². The highest BCUT2D eigenvalue weighted by molar-refractivity contribution is 8.15. The molecule has 3 aromatic rings. The second-order valence-electron chi connectivity index (χ2n) is 7.17. The number of hydrogen-bond donors (Lipinski definition) is 0. The van der Waals surface area contributed by atoms with Gasteiger partial charge >= 0.3 is 0 Å². The Morgan fingerprint density at radius 2 is 1.72 bits per heavy atom. The molecule has 2 aliphatic rings. The van der Waals surface area contributed by atoms with E-state index in [9.17, 15) is 4.79 Å². The molecule has 4 nitrogen and oxygen atoms in total. The van der Waals surface area contributed by atoms with E-state index in [0.29, 0.717) is 6.42 Å². The second-order valence-corrected chi connectivity index (χ2v) is 8.18. The van der Waals surface area contributed by atoms with Gasteiger partial charge in [-0.2, -0.15) is 0 Å². The van der Waals surface area contributed by atoms with Gasteiger partial charge in [0, 0.05) is 4.90 Å². The fraction of sp³-hybridized carbons (Fsp3) is 0.167. The van der Waals surface area contributed by atoms with Crippen LogP contribution in [-0.4, -0.2) is 18.2 Å². The van der Waals surface area contributed by atoms with Crippen LogP contribution in [0.1, 0.15) is 17.2 Å². The van der Waals surface area contributed by atoms with E-state index in [0.717, 1.165) is 32.6 Å². The monoisotopic (exact) mass is 400 g/mol. The number of anilines is 1. The lowest BCUT2D eigenvalue weighted by atomic mass is 9.86. The fourth-order valence-corrected chi connectivity index (χ4v) is 5.05. The molecule has 0 saturated carbocycles. The van der Waals surface area contributed by atoms with Crippen LogP contribution >= 0.6 is 11.8 Å². The summed E-state index contributed by atoms with van der Waals surface area (Å²) in [6.45, 7) is 0. The molecule has 0 unspecified atom stereocenters. The molecular formula is C24H20N2O2S. The Bertz CT molecular complexity index is 1080. The van der Waals surface area contributed by atoms with Crippen molar-refractivity contribution < 1.29 is 9.53 Å². The third-order valence-electron chi connectivity index (χ3n) is 5.41. The summed E-state index contributed by atoms with van der Waals surface area (Å²) in [5, 5.41) is 0.747. The standard InChI is InChI=1S/C24H20N2O2S/c1-28-18-12-13-20-21(15-18)29-24-25-22(17-10-6-3-7-11-17)19(23(27)26(20)24)14-16-8-4-2-5-9-16/h2-13,15,19,22H,14H2,1H3/t19-,22+/m0/s1. The van der Waals surface area contributed by atoms with Gasteiger partial charge in [-0.25, -0.2) is 0 Å². The topological polar surface area (TPSA) is 41.9 Å². The molecule has 3 aromatic carbocycles. The van der Waals surface area contributed by atoms with Crippen molar-refractivity contribution in [2.24, 2.45) is 10.9 Å². The van der Waals surface area contributed by atoms with Crippen LogP contribution in [0.4, 0.5) is 5.69 Å². The lowest BCUT2D eigenvalue weighted by Crippen LogP contribution is -2.44. The highest BCUT2D eigenvalue weighted by atomic mass is 32.2. The third kappa shape index (κ3) is 3.21. The lowest BCUT2D eigenvalue weighted by molar-refractivity contribution is -0.122. The van der Waals surface area contributed by atoms with Crippen LogP contribution in [0.2, 0.25) is 0 Å². The zero-order valence-electron chi connectivity index (χ0n) is 16.0. The van der Waals surface area contributed by atoms with Gasteiger partial charge in [0.2, 0.25) is 5.91 Å². The van der Waals surface area contributed by atoms with Gasteiger partial charge in [-0.05, 0) is 47.5 Å². The van der Waals surface area contributed by atoms with E-state index in [4.69, 9.17) is 9.73 Å². The van der Waals surface area contributed by atoms with Crippen LogP contribution in [0.3, 0.4) is 0 Å². The van der Waals surface area contributed by atoms with Crippen LogP contribution in [-0.2, 0) is 11.2 Å². The summed E-state index contributed by atoms with van der Waals surface area (Å²) in [5.74, 6) is 0.630. The van der Waals surface area contributed by atoms with Gasteiger partial charge in [0.15, 0.2) is 5.17 Å². The predicted octanol–water partition coefficient (Wildman–Crippen LogP) is 5.10. The summed E-state index contributed by atoms with van der Waals surface area (Å²) >= 11 is 1.54. The van der Waals surface area contributed by atoms with E-state index in [-0.39, 0.29) is 17.9 Å². The molecule has 1 amide bonds. The number of amidine groups is 1. The van der Waals surface area contributed by atoms with Gasteiger partial charge in [0.1, 0.15) is 5.75 Å². The Morgan fingerprint density at radius 1 is 1.00 bits per heavy atom. The summed E-state index contributed by atoms with van der Waals surface area (Å²) in [7, 11) is 1.65. The first-order valence-electron chi connectivity index (χ1n) is 9.61. The molecule has 2 aliphatic heterocycles. The quantitative estimate of drug-likeness (QED) is 0.612. The zero-order valence-corrected chi connectivity index (χ0v) is 16.8. The highest BCUT2D eigenvalue weighted by Gasteiger charge is 2.44. The summed E-state index contributed by atoms with van der Waals surface area (Å²) in [5.41, 5.74) is 3.11. The molecule has 0 saturated heterocycles. The number of methoxy groups -OCH3 is 1. The maximum Gasteiger partial charge on any atom is 0.239 e. The lowest BCUT2D eigenvalue weighted by Gasteiger charge is -2.33. The van der Waals surface area contributed by atoms with Crippen LogP contribution in [0.15, 0.2) is 88.8 Å². The molecule has 144 valence electrons. The van der Waals surface area contributed by atoms with Gasteiger partial charge in [0.25, 0.3) is 0 Å². The molecule has 0 aliphatic carbocycles. The second kappa shape index (κ2) is 7.41. The number of rotatable bonds is 4. The number of benzene rings is 3. The third-order valence-corrected chi connectivity index (χ3v) is 6.43. The van der Waals surface area contributed by atoms with Crippen LogP contribution in [0.25, 0.3) is 0 Å². The fourth-order valence-electron chi connectivity index (χ4n) is 3.97. The van der Waals surface area contributed by atoms with Crippen molar-refractivity contribution in [1.29, 1.82) is 0 Å². The summed E-state index contributed by atoms with van der Waals surface area (Å²) in [6, 6.07) is 25.9. The number of ether oxygens (including phenoxy) is 1. The normalized spacial score (nSPS) is 20.1. The van der Waals surface area contributed by atoms with Gasteiger partial charge in [-0.3, -0.25) is 14.7 Å². The Kier molecular flexibility index (Phi) is 4.60. The van der Waals surface area contributed by atoms with E-state index in [1.807, 2.05) is 54.6 Å². The van der Waals surface area contributed by atoms with Crippen molar-refractivity contribution in [3.05, 3.63) is 90.0 Å².